The number of phenolic OH excluding ortho intramolecular Hbond substituents is 1. The number of hydrogen-bond donors (Lipinski definition) is 23. The van der Waals surface area contributed by atoms with Crippen molar-refractivity contribution in [2.24, 2.45) is 22.9 Å². The summed E-state index contributed by atoms with van der Waals surface area (Å²) in [5.41, 5.74) is 21.6. The van der Waals surface area contributed by atoms with Gasteiger partial charge in [-0.1, -0.05) is 48.5 Å². The Balaban J connectivity index is 1.45. The van der Waals surface area contributed by atoms with E-state index in [1.54, 1.807) is 54.7 Å². The second-order valence-corrected chi connectivity index (χ2v) is 26.4. The number of aliphatic hydroxyl groups is 1. The van der Waals surface area contributed by atoms with Gasteiger partial charge in [0.1, 0.15) is 71.7 Å². The molecule has 0 aliphatic rings. The van der Waals surface area contributed by atoms with Gasteiger partial charge in [0.2, 0.25) is 94.5 Å². The highest BCUT2D eigenvalue weighted by Gasteiger charge is 2.40. The van der Waals surface area contributed by atoms with Crippen LogP contribution in [0.25, 0.3) is 21.8 Å². The Morgan fingerprint density at radius 1 is 0.454 bits per heavy atom. The molecule has 0 saturated carbocycles. The molecular formula is C68H90N18O20S2. The van der Waals surface area contributed by atoms with Crippen molar-refractivity contribution in [1.82, 2.24) is 73.8 Å². The SMILES string of the molecule is CC(=O)N[C@@H](CS)C(=O)N[C@@H](CCC(N)=O)C(=O)N[C@H](C(=O)N[C@@H](Cc1c[nH]c2ccccc12)C(=O)N[C@@H](CCC(N)=O)C(=O)N[C@@H](CS)C(=O)N[C@@H](Cc1ccc(O)cc1)C(=O)N[C@@H](Cc1c[nH]c2ccccc12)C(=O)NC(C)(C)C(=O)N[C@@H](CCC(=O)O)C(=O)N[C@@H](CC(N)=O)C(=O)NCC(N)=O)[C@@H](C)O. The number of aromatic amines is 2. The predicted molar refractivity (Wildman–Crippen MR) is 392 cm³/mol. The Kier molecular flexibility index (Phi) is 33.1. The third-order valence-corrected chi connectivity index (χ3v) is 17.3. The zero-order chi connectivity index (χ0) is 80.3. The smallest absolute Gasteiger partial charge is 0.303 e. The van der Waals surface area contributed by atoms with Gasteiger partial charge in [-0.2, -0.15) is 25.3 Å². The Morgan fingerprint density at radius 3 is 1.31 bits per heavy atom. The van der Waals surface area contributed by atoms with Crippen molar-refractivity contribution in [3.63, 3.8) is 0 Å². The molecule has 11 atom stereocenters. The quantitative estimate of drug-likeness (QED) is 0.0162. The molecule has 40 heteroatoms. The number of benzene rings is 3. The number of aromatic nitrogens is 2. The Hall–Kier alpha value is -11.8. The van der Waals surface area contributed by atoms with Crippen LogP contribution >= 0.6 is 25.3 Å². The number of H-pyrrole nitrogens is 2. The number of carboxylic acids is 1. The molecule has 0 radical (unpaired) electrons. The van der Waals surface area contributed by atoms with E-state index in [1.165, 1.54) is 44.3 Å². The number of aliphatic hydroxyl groups excluding tert-OH is 1. The molecule has 0 saturated heterocycles. The number of hydrogen-bond acceptors (Lipinski definition) is 21. The van der Waals surface area contributed by atoms with Crippen molar-refractivity contribution in [3.8, 4) is 5.75 Å². The maximum Gasteiger partial charge on any atom is 0.303 e. The maximum absolute atomic E-state index is 15.0. The molecule has 108 heavy (non-hydrogen) atoms. The van der Waals surface area contributed by atoms with Crippen molar-refractivity contribution < 1.29 is 96.8 Å². The monoisotopic (exact) mass is 1540 g/mol. The molecule has 2 aromatic heterocycles. The summed E-state index contributed by atoms with van der Waals surface area (Å²) >= 11 is 8.41. The molecule has 0 aliphatic carbocycles. The molecule has 5 aromatic rings. The number of nitrogens with one attached hydrogen (secondary N) is 14. The lowest BCUT2D eigenvalue weighted by molar-refractivity contribution is -0.139. The van der Waals surface area contributed by atoms with Crippen molar-refractivity contribution in [1.29, 1.82) is 0 Å². The number of carbonyl (C=O) groups is 17. The third kappa shape index (κ3) is 27.3. The number of para-hydroxylation sites is 2. The van der Waals surface area contributed by atoms with E-state index in [0.29, 0.717) is 38.5 Å². The number of aromatic hydroxyl groups is 1. The number of fused-ring (bicyclic) bond motifs is 2. The van der Waals surface area contributed by atoms with Gasteiger partial charge in [-0.25, -0.2) is 0 Å². The molecule has 0 spiro atoms. The molecular weight excluding hydrogens is 1450 g/mol. The molecule has 5 rings (SSSR count). The lowest BCUT2D eigenvalue weighted by atomic mass is 9.98. The van der Waals surface area contributed by atoms with Gasteiger partial charge >= 0.3 is 5.97 Å². The van der Waals surface area contributed by atoms with Gasteiger partial charge in [-0.3, -0.25) is 81.5 Å². The first kappa shape index (κ1) is 86.8. The van der Waals surface area contributed by atoms with Gasteiger partial charge in [-0.05, 0) is 81.0 Å². The van der Waals surface area contributed by atoms with E-state index in [1.807, 2.05) is 0 Å². The molecule has 0 bridgehead atoms. The van der Waals surface area contributed by atoms with Crippen LogP contribution in [0.15, 0.2) is 85.2 Å². The summed E-state index contributed by atoms with van der Waals surface area (Å²) in [5.74, 6) is -19.1. The van der Waals surface area contributed by atoms with Crippen LogP contribution in [0, 0.1) is 0 Å². The van der Waals surface area contributed by atoms with Crippen molar-refractivity contribution in [2.45, 2.75) is 164 Å². The molecule has 3 aromatic carbocycles. The van der Waals surface area contributed by atoms with E-state index < -0.39 is 236 Å². The first-order valence-electron chi connectivity index (χ1n) is 33.6. The van der Waals surface area contributed by atoms with Crippen molar-refractivity contribution in [3.05, 3.63) is 102 Å². The molecule has 0 aliphatic heterocycles. The summed E-state index contributed by atoms with van der Waals surface area (Å²) in [4.78, 5) is 234. The highest BCUT2D eigenvalue weighted by atomic mass is 32.1. The highest BCUT2D eigenvalue weighted by molar-refractivity contribution is 7.80. The van der Waals surface area contributed by atoms with Gasteiger partial charge in [0.25, 0.3) is 0 Å². The van der Waals surface area contributed by atoms with E-state index in [-0.39, 0.29) is 24.3 Å². The first-order chi connectivity index (χ1) is 50.9. The zero-order valence-corrected chi connectivity index (χ0v) is 60.9. The van der Waals surface area contributed by atoms with Crippen LogP contribution in [0.2, 0.25) is 0 Å². The van der Waals surface area contributed by atoms with Gasteiger partial charge < -0.3 is 112 Å². The summed E-state index contributed by atoms with van der Waals surface area (Å²) in [6.45, 7) is 3.89. The molecule has 0 unspecified atom stereocenters. The molecule has 16 amide bonds. The van der Waals surface area contributed by atoms with E-state index in [9.17, 15) is 92.0 Å². The lowest BCUT2D eigenvalue weighted by Gasteiger charge is -2.31. The summed E-state index contributed by atoms with van der Waals surface area (Å²) in [7, 11) is 0. The maximum atomic E-state index is 15.0. The largest absolute Gasteiger partial charge is 0.508 e. The van der Waals surface area contributed by atoms with Crippen LogP contribution in [-0.4, -0.2) is 216 Å². The van der Waals surface area contributed by atoms with Crippen LogP contribution in [0.1, 0.15) is 89.3 Å². The van der Waals surface area contributed by atoms with Gasteiger partial charge in [0, 0.05) is 91.2 Å². The number of thiol groups is 2. The Bertz CT molecular complexity index is 4150. The van der Waals surface area contributed by atoms with Gasteiger partial charge in [0.05, 0.1) is 19.1 Å². The van der Waals surface area contributed by atoms with Crippen LogP contribution in [0.5, 0.6) is 5.75 Å². The minimum absolute atomic E-state index is 0.191. The lowest BCUT2D eigenvalue weighted by Crippen LogP contribution is -2.63. The number of primary amides is 4. The summed E-state index contributed by atoms with van der Waals surface area (Å²) in [6.07, 6.45) is -3.97. The highest BCUT2D eigenvalue weighted by Crippen LogP contribution is 2.23. The minimum Gasteiger partial charge on any atom is -0.508 e. The minimum atomic E-state index is -2.07. The van der Waals surface area contributed by atoms with E-state index in [0.717, 1.165) is 13.8 Å². The standard InChI is InChI=1S/C68H90N18O20S2/c1-32(87)56(85-60(99)43(18-21-52(70)91)78-63(102)49(30-107)76-33(2)88)66(105)82-46(24-35-27-73-40-11-7-5-9-38(35)40)62(101)77-42(17-20-51(69)90)58(97)83-50(31-108)64(103)79-45(23-34-13-15-37(89)16-14-34)61(100)80-47(25-36-28-74-41-12-8-6-10-39(36)41)65(104)86-68(3,4)67(106)84-44(19-22-55(94)95)59(98)81-48(26-53(71)92)57(96)75-29-54(72)93/h5-16,27-28,32,42-50,56,73-74,87,89,107-108H,17-26,29-31H2,1-4H3,(H2,69,90)(H2,70,91)(H2,71,92)(H2,72,93)(H,75,96)(H,76,88)(H,77,101)(H,78,102)(H,79,103)(H,80,100)(H,81,98)(H,82,105)(H,83,97)(H,84,106)(H,85,99)(H,86,104)(H,94,95)/t32-,42+,43+,44+,45+,46+,47+,48+,49+,50+,56+/m1/s1. The molecule has 584 valence electrons. The van der Waals surface area contributed by atoms with Crippen molar-refractivity contribution in [2.75, 3.05) is 18.1 Å². The van der Waals surface area contributed by atoms with E-state index in [2.05, 4.69) is 99.0 Å². The van der Waals surface area contributed by atoms with Crippen molar-refractivity contribution >= 4 is 148 Å². The predicted octanol–water partition coefficient (Wildman–Crippen LogP) is -5.74. The number of amides is 16. The first-order valence-corrected chi connectivity index (χ1v) is 34.9. The number of phenols is 1. The average molecular weight is 1540 g/mol. The Morgan fingerprint density at radius 2 is 0.852 bits per heavy atom. The number of carboxylic acid groups (broad SMARTS) is 1. The number of aliphatic carboxylic acids is 1. The van der Waals surface area contributed by atoms with Gasteiger partial charge in [0.15, 0.2) is 0 Å². The topological polar surface area (TPSA) is 631 Å². The van der Waals surface area contributed by atoms with E-state index >= 15 is 4.79 Å². The van der Waals surface area contributed by atoms with Crippen LogP contribution < -0.4 is 86.7 Å². The van der Waals surface area contributed by atoms with Crippen LogP contribution in [0.4, 0.5) is 0 Å². The second kappa shape index (κ2) is 41.2. The summed E-state index contributed by atoms with van der Waals surface area (Å²) < 4.78 is 0. The molecule has 25 N–H and O–H groups in total. The normalized spacial score (nSPS) is 14.2. The summed E-state index contributed by atoms with van der Waals surface area (Å²) in [5, 5.41) is 60.8. The van der Waals surface area contributed by atoms with Gasteiger partial charge in [-0.15, -0.1) is 0 Å². The third-order valence-electron chi connectivity index (χ3n) is 16.6. The van der Waals surface area contributed by atoms with Crippen LogP contribution in [0.3, 0.4) is 0 Å². The zero-order valence-electron chi connectivity index (χ0n) is 59.1. The number of nitrogens with two attached hydrogens (primary N) is 4. The number of carbonyl (C=O) groups excluding carboxylic acids is 16. The fourth-order valence-corrected chi connectivity index (χ4v) is 11.4. The average Bonchev–Trinajstić information content (AvgIpc) is 1.68. The molecule has 0 fully saturated rings. The van der Waals surface area contributed by atoms with Crippen LogP contribution in [-0.2, 0) is 101 Å². The fourth-order valence-electron chi connectivity index (χ4n) is 10.9. The summed E-state index contributed by atoms with van der Waals surface area (Å²) in [6, 6.07) is 2.09. The fraction of sp³-hybridized carbons (Fsp3) is 0.426. The molecule has 2 heterocycles. The Labute approximate surface area is 628 Å². The number of rotatable bonds is 44. The van der Waals surface area contributed by atoms with E-state index in [4.69, 9.17) is 22.9 Å². The second-order valence-electron chi connectivity index (χ2n) is 25.7. The molecule has 38 nitrogen and oxygen atoms in total.